The Kier molecular flexibility index (Phi) is 8.00. The number of rotatable bonds is 9. The number of likely N-dealkylation sites (N-methyl/N-ethyl adjacent to an activating group) is 1. The van der Waals surface area contributed by atoms with Crippen LogP contribution in [0.2, 0.25) is 0 Å². The monoisotopic (exact) mass is 431 g/mol. The second-order valence-electron chi connectivity index (χ2n) is 7.15. The van der Waals surface area contributed by atoms with Gasteiger partial charge in [0, 0.05) is 13.6 Å². The average Bonchev–Trinajstić information content (AvgIpc) is 2.72. The van der Waals surface area contributed by atoms with E-state index in [0.717, 1.165) is 21.7 Å². The van der Waals surface area contributed by atoms with Crippen LogP contribution in [0, 0.1) is 6.92 Å². The number of sulfonamides is 1. The molecule has 0 saturated heterocycles. The van der Waals surface area contributed by atoms with Gasteiger partial charge in [-0.05, 0) is 31.0 Å². The van der Waals surface area contributed by atoms with Crippen LogP contribution in [0.3, 0.4) is 0 Å². The maximum atomic E-state index is 13.3. The van der Waals surface area contributed by atoms with Gasteiger partial charge in [0.05, 0.1) is 11.9 Å². The maximum absolute atomic E-state index is 13.3. The summed E-state index contributed by atoms with van der Waals surface area (Å²) < 4.78 is 25.8. The Bertz CT molecular complexity index is 960. The van der Waals surface area contributed by atoms with Gasteiger partial charge in [-0.25, -0.2) is 8.42 Å². The van der Waals surface area contributed by atoms with Gasteiger partial charge >= 0.3 is 0 Å². The van der Waals surface area contributed by atoms with Crippen molar-refractivity contribution in [3.63, 3.8) is 0 Å². The first kappa shape index (κ1) is 23.4. The quantitative estimate of drug-likeness (QED) is 0.660. The number of nitrogens with zero attached hydrogens (tertiary/aromatic N) is 2. The molecule has 0 unspecified atom stereocenters. The van der Waals surface area contributed by atoms with Crippen molar-refractivity contribution in [1.29, 1.82) is 0 Å². The van der Waals surface area contributed by atoms with Crippen molar-refractivity contribution in [2.24, 2.45) is 0 Å². The van der Waals surface area contributed by atoms with Crippen LogP contribution in [-0.4, -0.2) is 51.0 Å². The van der Waals surface area contributed by atoms with Gasteiger partial charge in [-0.15, -0.1) is 0 Å². The van der Waals surface area contributed by atoms with Crippen molar-refractivity contribution in [2.45, 2.75) is 32.9 Å². The zero-order valence-corrected chi connectivity index (χ0v) is 18.6. The second kappa shape index (κ2) is 10.2. The Labute approximate surface area is 178 Å². The minimum absolute atomic E-state index is 0.206. The molecule has 30 heavy (non-hydrogen) atoms. The van der Waals surface area contributed by atoms with E-state index in [4.69, 9.17) is 0 Å². The normalized spacial score (nSPS) is 12.1. The molecule has 0 fully saturated rings. The van der Waals surface area contributed by atoms with E-state index in [-0.39, 0.29) is 19.0 Å². The van der Waals surface area contributed by atoms with Gasteiger partial charge in [0.2, 0.25) is 21.8 Å². The van der Waals surface area contributed by atoms with Crippen molar-refractivity contribution in [1.82, 2.24) is 10.2 Å². The molecule has 2 rings (SSSR count). The lowest BCUT2D eigenvalue weighted by atomic mass is 10.1. The van der Waals surface area contributed by atoms with Gasteiger partial charge in [-0.1, -0.05) is 55.0 Å². The molecule has 2 aromatic rings. The molecule has 0 aliphatic rings. The van der Waals surface area contributed by atoms with Gasteiger partial charge in [-0.3, -0.25) is 13.9 Å². The van der Waals surface area contributed by atoms with E-state index in [1.54, 1.807) is 30.3 Å². The topological polar surface area (TPSA) is 86.8 Å². The number of anilines is 1. The third kappa shape index (κ3) is 6.06. The Morgan fingerprint density at radius 2 is 1.63 bits per heavy atom. The fraction of sp³-hybridized carbons (Fsp3) is 0.364. The molecule has 0 radical (unpaired) electrons. The first-order chi connectivity index (χ1) is 14.2. The van der Waals surface area contributed by atoms with Crippen LogP contribution < -0.4 is 9.62 Å². The first-order valence-corrected chi connectivity index (χ1v) is 11.6. The fourth-order valence-corrected chi connectivity index (χ4v) is 4.03. The summed E-state index contributed by atoms with van der Waals surface area (Å²) in [5.74, 6) is -0.733. The number of carbonyl (C=O) groups excluding carboxylic acids is 2. The van der Waals surface area contributed by atoms with Gasteiger partial charge in [0.1, 0.15) is 12.6 Å². The van der Waals surface area contributed by atoms with Crippen LogP contribution in [0.1, 0.15) is 24.5 Å². The van der Waals surface area contributed by atoms with E-state index in [1.165, 1.54) is 11.9 Å². The van der Waals surface area contributed by atoms with Crippen molar-refractivity contribution in [2.75, 3.05) is 24.2 Å². The largest absolute Gasteiger partial charge is 0.357 e. The van der Waals surface area contributed by atoms with Crippen LogP contribution >= 0.6 is 0 Å². The Morgan fingerprint density at radius 1 is 1.03 bits per heavy atom. The molecule has 1 N–H and O–H groups in total. The lowest BCUT2D eigenvalue weighted by Gasteiger charge is -2.32. The molecule has 162 valence electrons. The average molecular weight is 432 g/mol. The number of carbonyl (C=O) groups is 2. The van der Waals surface area contributed by atoms with E-state index in [2.05, 4.69) is 5.32 Å². The Morgan fingerprint density at radius 3 is 2.13 bits per heavy atom. The highest BCUT2D eigenvalue weighted by molar-refractivity contribution is 7.92. The number of amides is 2. The minimum atomic E-state index is -3.70. The molecular formula is C22H29N3O4S. The third-order valence-corrected chi connectivity index (χ3v) is 5.97. The lowest BCUT2D eigenvalue weighted by Crippen LogP contribution is -2.51. The van der Waals surface area contributed by atoms with Crippen LogP contribution in [0.15, 0.2) is 54.6 Å². The molecule has 7 nitrogen and oxygen atoms in total. The smallest absolute Gasteiger partial charge is 0.244 e. The highest BCUT2D eigenvalue weighted by atomic mass is 32.2. The van der Waals surface area contributed by atoms with Gasteiger partial charge in [0.15, 0.2) is 0 Å². The molecule has 2 aromatic carbocycles. The molecule has 0 spiro atoms. The maximum Gasteiger partial charge on any atom is 0.244 e. The molecule has 0 aromatic heterocycles. The lowest BCUT2D eigenvalue weighted by molar-refractivity contribution is -0.140. The molecule has 0 aliphatic carbocycles. The Hall–Kier alpha value is -2.87. The summed E-state index contributed by atoms with van der Waals surface area (Å²) in [6, 6.07) is 15.4. The molecule has 0 heterocycles. The number of hydrogen-bond acceptors (Lipinski definition) is 4. The summed E-state index contributed by atoms with van der Waals surface area (Å²) in [4.78, 5) is 27.2. The molecule has 2 amide bonds. The number of benzene rings is 2. The minimum Gasteiger partial charge on any atom is -0.357 e. The van der Waals surface area contributed by atoms with Crippen LogP contribution in [0.4, 0.5) is 5.69 Å². The van der Waals surface area contributed by atoms with E-state index in [9.17, 15) is 18.0 Å². The van der Waals surface area contributed by atoms with E-state index < -0.39 is 22.0 Å². The zero-order chi connectivity index (χ0) is 22.3. The van der Waals surface area contributed by atoms with E-state index in [1.807, 2.05) is 38.1 Å². The van der Waals surface area contributed by atoms with Crippen LogP contribution in [-0.2, 0) is 26.2 Å². The standard InChI is InChI=1S/C22H29N3O4S/c1-5-20(22(27)23-3)24(15-18-13-11-17(2)12-14-18)21(26)16-25(30(4,28)29)19-9-7-6-8-10-19/h6-14,20H,5,15-16H2,1-4H3,(H,23,27)/t20-/m0/s1. The second-order valence-corrected chi connectivity index (χ2v) is 9.06. The van der Waals surface area contributed by atoms with Gasteiger partial charge in [-0.2, -0.15) is 0 Å². The Balaban J connectivity index is 2.38. The predicted molar refractivity (Wildman–Crippen MR) is 119 cm³/mol. The summed E-state index contributed by atoms with van der Waals surface area (Å²) in [6.07, 6.45) is 1.47. The molecule has 0 bridgehead atoms. The van der Waals surface area contributed by atoms with Crippen molar-refractivity contribution in [3.05, 3.63) is 65.7 Å². The van der Waals surface area contributed by atoms with Gasteiger partial charge < -0.3 is 10.2 Å². The van der Waals surface area contributed by atoms with E-state index in [0.29, 0.717) is 12.1 Å². The SMILES string of the molecule is CC[C@@H](C(=O)NC)N(Cc1ccc(C)cc1)C(=O)CN(c1ccccc1)S(C)(=O)=O. The molecular weight excluding hydrogens is 402 g/mol. The summed E-state index contributed by atoms with van der Waals surface area (Å²) in [6.45, 7) is 3.61. The summed E-state index contributed by atoms with van der Waals surface area (Å²) in [5, 5.41) is 2.60. The van der Waals surface area contributed by atoms with Crippen molar-refractivity contribution < 1.29 is 18.0 Å². The summed E-state index contributed by atoms with van der Waals surface area (Å²) >= 11 is 0. The number of nitrogens with one attached hydrogen (secondary N) is 1. The van der Waals surface area contributed by atoms with E-state index >= 15 is 0 Å². The van der Waals surface area contributed by atoms with Crippen LogP contribution in [0.5, 0.6) is 0 Å². The molecule has 0 saturated carbocycles. The van der Waals surface area contributed by atoms with Gasteiger partial charge in [0.25, 0.3) is 0 Å². The predicted octanol–water partition coefficient (Wildman–Crippen LogP) is 2.31. The third-order valence-electron chi connectivity index (χ3n) is 4.83. The first-order valence-electron chi connectivity index (χ1n) is 9.76. The highest BCUT2D eigenvalue weighted by Crippen LogP contribution is 2.19. The highest BCUT2D eigenvalue weighted by Gasteiger charge is 2.31. The molecule has 8 heteroatoms. The molecule has 1 atom stereocenters. The fourth-order valence-electron chi connectivity index (χ4n) is 3.18. The van der Waals surface area contributed by atoms with Crippen LogP contribution in [0.25, 0.3) is 0 Å². The number of para-hydroxylation sites is 1. The summed E-state index contributed by atoms with van der Waals surface area (Å²) in [7, 11) is -2.18. The van der Waals surface area contributed by atoms with Crippen molar-refractivity contribution in [3.8, 4) is 0 Å². The number of aryl methyl sites for hydroxylation is 1. The number of hydrogen-bond donors (Lipinski definition) is 1. The molecule has 0 aliphatic heterocycles. The van der Waals surface area contributed by atoms with Crippen molar-refractivity contribution >= 4 is 27.5 Å². The summed E-state index contributed by atoms with van der Waals surface area (Å²) in [5.41, 5.74) is 2.35. The zero-order valence-electron chi connectivity index (χ0n) is 17.8.